The van der Waals surface area contributed by atoms with Crippen LogP contribution in [0.3, 0.4) is 0 Å². The van der Waals surface area contributed by atoms with E-state index in [0.717, 1.165) is 17.7 Å². The highest BCUT2D eigenvalue weighted by Gasteiger charge is 2.11. The Labute approximate surface area is 103 Å². The number of ketones is 1. The number of benzene rings is 1. The molecule has 0 aliphatic rings. The van der Waals surface area contributed by atoms with Gasteiger partial charge in [0.2, 0.25) is 0 Å². The zero-order valence-corrected chi connectivity index (χ0v) is 10.6. The van der Waals surface area contributed by atoms with Crippen LogP contribution in [0.5, 0.6) is 0 Å². The summed E-state index contributed by atoms with van der Waals surface area (Å²) in [5.74, 6) is 0.371. The summed E-state index contributed by atoms with van der Waals surface area (Å²) >= 11 is 0. The van der Waals surface area contributed by atoms with Gasteiger partial charge >= 0.3 is 0 Å². The SMILES string of the molecule is CCCOCC(=O)CC(C)c1ccc(N)cc1. The van der Waals surface area contributed by atoms with E-state index in [1.807, 2.05) is 38.1 Å². The molecule has 0 spiro atoms. The molecule has 1 unspecified atom stereocenters. The van der Waals surface area contributed by atoms with Gasteiger partial charge in [0.1, 0.15) is 6.61 Å². The number of carbonyl (C=O) groups excluding carboxylic acids is 1. The van der Waals surface area contributed by atoms with E-state index in [1.54, 1.807) is 0 Å². The molecule has 0 aliphatic heterocycles. The first-order valence-electron chi connectivity index (χ1n) is 6.08. The van der Waals surface area contributed by atoms with Crippen molar-refractivity contribution in [1.29, 1.82) is 0 Å². The van der Waals surface area contributed by atoms with Gasteiger partial charge in [0.05, 0.1) is 0 Å². The molecule has 3 nitrogen and oxygen atoms in total. The first-order chi connectivity index (χ1) is 8.13. The van der Waals surface area contributed by atoms with Gasteiger partial charge in [-0.15, -0.1) is 0 Å². The molecule has 1 aromatic carbocycles. The molecule has 0 bridgehead atoms. The maximum absolute atomic E-state index is 11.6. The Hall–Kier alpha value is -1.35. The average Bonchev–Trinajstić information content (AvgIpc) is 2.30. The molecule has 0 saturated heterocycles. The molecular weight excluding hydrogens is 214 g/mol. The monoisotopic (exact) mass is 235 g/mol. The molecule has 0 radical (unpaired) electrons. The molecule has 1 aromatic rings. The van der Waals surface area contributed by atoms with Crippen molar-refractivity contribution >= 4 is 11.5 Å². The Balaban J connectivity index is 2.40. The van der Waals surface area contributed by atoms with E-state index in [1.165, 1.54) is 0 Å². The third-order valence-corrected chi connectivity index (χ3v) is 2.65. The van der Waals surface area contributed by atoms with Crippen molar-refractivity contribution in [2.24, 2.45) is 0 Å². The van der Waals surface area contributed by atoms with Crippen LogP contribution in [0.2, 0.25) is 0 Å². The highest BCUT2D eigenvalue weighted by molar-refractivity contribution is 5.80. The standard InChI is InChI=1S/C14H21NO2/c1-3-8-17-10-14(16)9-11(2)12-4-6-13(15)7-5-12/h4-7,11H,3,8-10,15H2,1-2H3. The third-order valence-electron chi connectivity index (χ3n) is 2.65. The Bertz CT molecular complexity index is 346. The zero-order chi connectivity index (χ0) is 12.7. The Morgan fingerprint density at radius 3 is 2.59 bits per heavy atom. The van der Waals surface area contributed by atoms with Crippen LogP contribution < -0.4 is 5.73 Å². The molecule has 94 valence electrons. The fourth-order valence-electron chi connectivity index (χ4n) is 1.67. The summed E-state index contributed by atoms with van der Waals surface area (Å²) in [5, 5.41) is 0. The van der Waals surface area contributed by atoms with Crippen molar-refractivity contribution in [3.05, 3.63) is 29.8 Å². The lowest BCUT2D eigenvalue weighted by molar-refractivity contribution is -0.123. The quantitative estimate of drug-likeness (QED) is 0.584. The maximum Gasteiger partial charge on any atom is 0.159 e. The van der Waals surface area contributed by atoms with Crippen molar-refractivity contribution in [1.82, 2.24) is 0 Å². The highest BCUT2D eigenvalue weighted by Crippen LogP contribution is 2.20. The van der Waals surface area contributed by atoms with Gasteiger partial charge in [0.15, 0.2) is 5.78 Å². The molecule has 0 saturated carbocycles. The minimum atomic E-state index is 0.155. The molecule has 1 rings (SSSR count). The summed E-state index contributed by atoms with van der Waals surface area (Å²) in [5.41, 5.74) is 7.51. The van der Waals surface area contributed by atoms with E-state index in [4.69, 9.17) is 10.5 Å². The summed E-state index contributed by atoms with van der Waals surface area (Å²) < 4.78 is 5.23. The predicted octanol–water partition coefficient (Wildman–Crippen LogP) is 2.76. The smallest absolute Gasteiger partial charge is 0.159 e. The van der Waals surface area contributed by atoms with E-state index >= 15 is 0 Å². The van der Waals surface area contributed by atoms with E-state index < -0.39 is 0 Å². The lowest BCUT2D eigenvalue weighted by atomic mass is 9.96. The van der Waals surface area contributed by atoms with Crippen LogP contribution >= 0.6 is 0 Å². The van der Waals surface area contributed by atoms with Gasteiger partial charge in [-0.25, -0.2) is 0 Å². The number of Topliss-reactive ketones (excluding diaryl/α,β-unsaturated/α-hetero) is 1. The van der Waals surface area contributed by atoms with Gasteiger partial charge in [0, 0.05) is 18.7 Å². The van der Waals surface area contributed by atoms with E-state index in [-0.39, 0.29) is 18.3 Å². The van der Waals surface area contributed by atoms with Crippen LogP contribution in [0, 0.1) is 0 Å². The Morgan fingerprint density at radius 2 is 2.00 bits per heavy atom. The van der Waals surface area contributed by atoms with Crippen molar-refractivity contribution in [3.63, 3.8) is 0 Å². The summed E-state index contributed by atoms with van der Waals surface area (Å²) in [4.78, 5) is 11.6. The second kappa shape index (κ2) is 7.07. The van der Waals surface area contributed by atoms with Gasteiger partial charge in [-0.1, -0.05) is 26.0 Å². The van der Waals surface area contributed by atoms with Crippen LogP contribution in [-0.2, 0) is 9.53 Å². The van der Waals surface area contributed by atoms with Crippen molar-refractivity contribution in [3.8, 4) is 0 Å². The highest BCUT2D eigenvalue weighted by atomic mass is 16.5. The second-order valence-electron chi connectivity index (χ2n) is 4.36. The molecular formula is C14H21NO2. The van der Waals surface area contributed by atoms with Gasteiger partial charge in [-0.2, -0.15) is 0 Å². The molecule has 0 amide bonds. The minimum absolute atomic E-state index is 0.155. The minimum Gasteiger partial charge on any atom is -0.399 e. The zero-order valence-electron chi connectivity index (χ0n) is 10.6. The van der Waals surface area contributed by atoms with Crippen LogP contribution in [-0.4, -0.2) is 19.0 Å². The van der Waals surface area contributed by atoms with Crippen molar-refractivity contribution in [2.45, 2.75) is 32.6 Å². The fourth-order valence-corrected chi connectivity index (χ4v) is 1.67. The van der Waals surface area contributed by atoms with Gasteiger partial charge in [-0.05, 0) is 30.0 Å². The van der Waals surface area contributed by atoms with Gasteiger partial charge in [0.25, 0.3) is 0 Å². The molecule has 1 atom stereocenters. The first-order valence-corrected chi connectivity index (χ1v) is 6.08. The van der Waals surface area contributed by atoms with Crippen molar-refractivity contribution in [2.75, 3.05) is 18.9 Å². The molecule has 0 fully saturated rings. The number of hydrogen-bond donors (Lipinski definition) is 1. The average molecular weight is 235 g/mol. The number of carbonyl (C=O) groups is 1. The molecule has 17 heavy (non-hydrogen) atoms. The number of anilines is 1. The topological polar surface area (TPSA) is 52.3 Å². The molecule has 3 heteroatoms. The summed E-state index contributed by atoms with van der Waals surface area (Å²) in [6.07, 6.45) is 1.47. The number of nitrogens with two attached hydrogens (primary N) is 1. The Morgan fingerprint density at radius 1 is 1.35 bits per heavy atom. The van der Waals surface area contributed by atoms with E-state index in [9.17, 15) is 4.79 Å². The number of rotatable bonds is 7. The first kappa shape index (κ1) is 13.7. The van der Waals surface area contributed by atoms with E-state index in [2.05, 4.69) is 0 Å². The van der Waals surface area contributed by atoms with Gasteiger partial charge in [-0.3, -0.25) is 4.79 Å². The van der Waals surface area contributed by atoms with Crippen LogP contribution in [0.4, 0.5) is 5.69 Å². The third kappa shape index (κ3) is 5.00. The lowest BCUT2D eigenvalue weighted by Crippen LogP contribution is -2.12. The predicted molar refractivity (Wildman–Crippen MR) is 70.0 cm³/mol. The van der Waals surface area contributed by atoms with Crippen LogP contribution in [0.25, 0.3) is 0 Å². The maximum atomic E-state index is 11.6. The normalized spacial score (nSPS) is 12.4. The van der Waals surface area contributed by atoms with Crippen molar-refractivity contribution < 1.29 is 9.53 Å². The largest absolute Gasteiger partial charge is 0.399 e. The van der Waals surface area contributed by atoms with E-state index in [0.29, 0.717) is 13.0 Å². The van der Waals surface area contributed by atoms with Gasteiger partial charge < -0.3 is 10.5 Å². The molecule has 0 aliphatic carbocycles. The molecule has 0 aromatic heterocycles. The summed E-state index contributed by atoms with van der Waals surface area (Å²) in [7, 11) is 0. The Kier molecular flexibility index (Phi) is 5.70. The summed E-state index contributed by atoms with van der Waals surface area (Å²) in [6.45, 7) is 4.96. The number of hydrogen-bond acceptors (Lipinski definition) is 3. The number of nitrogen functional groups attached to an aromatic ring is 1. The molecule has 0 heterocycles. The lowest BCUT2D eigenvalue weighted by Gasteiger charge is -2.11. The van der Waals surface area contributed by atoms with Crippen LogP contribution in [0.15, 0.2) is 24.3 Å². The second-order valence-corrected chi connectivity index (χ2v) is 4.36. The molecule has 2 N–H and O–H groups in total. The van der Waals surface area contributed by atoms with Crippen LogP contribution in [0.1, 0.15) is 38.2 Å². The fraction of sp³-hybridized carbons (Fsp3) is 0.500. The number of ether oxygens (including phenoxy) is 1. The summed E-state index contributed by atoms with van der Waals surface area (Å²) in [6, 6.07) is 7.67.